The quantitative estimate of drug-likeness (QED) is 0.787. The molecule has 102 valence electrons. The van der Waals surface area contributed by atoms with E-state index in [1.165, 1.54) is 4.90 Å². The molecule has 1 aliphatic carbocycles. The molecule has 0 saturated heterocycles. The van der Waals surface area contributed by atoms with E-state index in [2.05, 4.69) is 0 Å². The van der Waals surface area contributed by atoms with Gasteiger partial charge in [0.1, 0.15) is 0 Å². The Bertz CT molecular complexity index is 214. The zero-order valence-corrected chi connectivity index (χ0v) is 10.3. The van der Waals surface area contributed by atoms with Crippen molar-refractivity contribution in [2.75, 3.05) is 19.6 Å². The first kappa shape index (κ1) is 14.8. The van der Waals surface area contributed by atoms with Gasteiger partial charge in [0.05, 0.1) is 12.6 Å². The highest BCUT2D eigenvalue weighted by atomic mass is 19.4. The van der Waals surface area contributed by atoms with Crippen molar-refractivity contribution in [2.24, 2.45) is 5.92 Å². The van der Waals surface area contributed by atoms with Crippen LogP contribution in [0.15, 0.2) is 0 Å². The van der Waals surface area contributed by atoms with Gasteiger partial charge in [0.25, 0.3) is 0 Å². The third kappa shape index (κ3) is 5.73. The molecule has 2 nitrogen and oxygen atoms in total. The Morgan fingerprint density at radius 1 is 1.29 bits per heavy atom. The van der Waals surface area contributed by atoms with Gasteiger partial charge in [0.2, 0.25) is 0 Å². The van der Waals surface area contributed by atoms with Gasteiger partial charge in [-0.2, -0.15) is 13.2 Å². The second-order valence-electron chi connectivity index (χ2n) is 4.96. The fraction of sp³-hybridized carbons (Fsp3) is 1.00. The molecule has 1 rings (SSSR count). The molecule has 0 spiro atoms. The van der Waals surface area contributed by atoms with Crippen LogP contribution in [0.2, 0.25) is 0 Å². The van der Waals surface area contributed by atoms with E-state index >= 15 is 0 Å². The van der Waals surface area contributed by atoms with Crippen LogP contribution >= 0.6 is 0 Å². The first-order chi connectivity index (χ1) is 7.92. The van der Waals surface area contributed by atoms with Gasteiger partial charge in [-0.25, -0.2) is 0 Å². The molecule has 1 fully saturated rings. The lowest BCUT2D eigenvalue weighted by molar-refractivity contribution is -0.149. The van der Waals surface area contributed by atoms with Crippen molar-refractivity contribution in [3.63, 3.8) is 0 Å². The highest BCUT2D eigenvalue weighted by Crippen LogP contribution is 2.28. The minimum Gasteiger partial charge on any atom is -0.392 e. The van der Waals surface area contributed by atoms with Crippen molar-refractivity contribution < 1.29 is 18.3 Å². The van der Waals surface area contributed by atoms with Crippen LogP contribution < -0.4 is 0 Å². The van der Waals surface area contributed by atoms with E-state index in [4.69, 9.17) is 0 Å². The van der Waals surface area contributed by atoms with Crippen molar-refractivity contribution in [3.05, 3.63) is 0 Å². The van der Waals surface area contributed by atoms with Gasteiger partial charge in [-0.05, 0) is 31.7 Å². The number of hydrogen-bond donors (Lipinski definition) is 1. The maximum atomic E-state index is 12.3. The Balaban J connectivity index is 2.41. The minimum absolute atomic E-state index is 0.151. The zero-order valence-electron chi connectivity index (χ0n) is 10.3. The molecule has 17 heavy (non-hydrogen) atoms. The number of alkyl halides is 3. The van der Waals surface area contributed by atoms with E-state index in [-0.39, 0.29) is 12.5 Å². The summed E-state index contributed by atoms with van der Waals surface area (Å²) >= 11 is 0. The van der Waals surface area contributed by atoms with Crippen LogP contribution in [0.5, 0.6) is 0 Å². The molecule has 1 atom stereocenters. The third-order valence-corrected chi connectivity index (χ3v) is 3.33. The van der Waals surface area contributed by atoms with Crippen LogP contribution in [0.1, 0.15) is 39.0 Å². The summed E-state index contributed by atoms with van der Waals surface area (Å²) in [6.07, 6.45) is -0.0200. The van der Waals surface area contributed by atoms with Crippen molar-refractivity contribution in [2.45, 2.75) is 51.3 Å². The van der Waals surface area contributed by atoms with Crippen LogP contribution in [-0.4, -0.2) is 41.9 Å². The smallest absolute Gasteiger partial charge is 0.392 e. The normalized spacial score (nSPS) is 20.1. The molecule has 0 aromatic rings. The summed E-state index contributed by atoms with van der Waals surface area (Å²) in [7, 11) is 0. The van der Waals surface area contributed by atoms with Crippen LogP contribution in [0.3, 0.4) is 0 Å². The summed E-state index contributed by atoms with van der Waals surface area (Å²) < 4.78 is 37.0. The third-order valence-electron chi connectivity index (χ3n) is 3.33. The topological polar surface area (TPSA) is 23.5 Å². The van der Waals surface area contributed by atoms with Gasteiger partial charge in [0.15, 0.2) is 0 Å². The summed E-state index contributed by atoms with van der Waals surface area (Å²) in [4.78, 5) is 1.32. The average Bonchev–Trinajstić information content (AvgIpc) is 2.67. The number of rotatable bonds is 6. The average molecular weight is 253 g/mol. The molecule has 1 unspecified atom stereocenters. The Kier molecular flexibility index (Phi) is 5.73. The molecular weight excluding hydrogens is 231 g/mol. The second kappa shape index (κ2) is 6.59. The van der Waals surface area contributed by atoms with Crippen molar-refractivity contribution in [1.82, 2.24) is 4.90 Å². The Morgan fingerprint density at radius 3 is 2.35 bits per heavy atom. The molecular formula is C12H22F3NO. The molecule has 0 radical (unpaired) electrons. The summed E-state index contributed by atoms with van der Waals surface area (Å²) in [5.74, 6) is 0.197. The van der Waals surface area contributed by atoms with E-state index in [1.54, 1.807) is 0 Å². The minimum atomic E-state index is -4.18. The Hall–Kier alpha value is -0.290. The second-order valence-corrected chi connectivity index (χ2v) is 4.96. The predicted molar refractivity (Wildman–Crippen MR) is 60.8 cm³/mol. The number of aliphatic hydroxyl groups is 1. The summed E-state index contributed by atoms with van der Waals surface area (Å²) in [5, 5.41) is 9.93. The first-order valence-corrected chi connectivity index (χ1v) is 6.39. The van der Waals surface area contributed by atoms with Crippen molar-refractivity contribution in [1.29, 1.82) is 0 Å². The predicted octanol–water partition coefficient (Wildman–Crippen LogP) is 2.81. The lowest BCUT2D eigenvalue weighted by Crippen LogP contribution is -2.41. The lowest BCUT2D eigenvalue weighted by Gasteiger charge is -2.28. The SMILES string of the molecule is CCCN(CC(O)C1CCCC1)CC(F)(F)F. The Labute approximate surface area is 101 Å². The van der Waals surface area contributed by atoms with E-state index in [0.717, 1.165) is 25.7 Å². The van der Waals surface area contributed by atoms with E-state index in [1.807, 2.05) is 6.92 Å². The fourth-order valence-corrected chi connectivity index (χ4v) is 2.56. The van der Waals surface area contributed by atoms with Crippen LogP contribution in [-0.2, 0) is 0 Å². The first-order valence-electron chi connectivity index (χ1n) is 6.39. The number of halogens is 3. The molecule has 0 bridgehead atoms. The summed E-state index contributed by atoms with van der Waals surface area (Å²) in [5.41, 5.74) is 0. The van der Waals surface area contributed by atoms with E-state index < -0.39 is 18.8 Å². The Morgan fingerprint density at radius 2 is 1.88 bits per heavy atom. The van der Waals surface area contributed by atoms with Gasteiger partial charge in [0, 0.05) is 6.54 Å². The van der Waals surface area contributed by atoms with Crippen molar-refractivity contribution in [3.8, 4) is 0 Å². The largest absolute Gasteiger partial charge is 0.401 e. The number of aliphatic hydroxyl groups excluding tert-OH is 1. The monoisotopic (exact) mass is 253 g/mol. The summed E-state index contributed by atoms with van der Waals surface area (Å²) in [6.45, 7) is 1.48. The maximum Gasteiger partial charge on any atom is 0.401 e. The van der Waals surface area contributed by atoms with Crippen LogP contribution in [0, 0.1) is 5.92 Å². The highest BCUT2D eigenvalue weighted by Gasteiger charge is 2.32. The lowest BCUT2D eigenvalue weighted by atomic mass is 10.0. The molecule has 0 heterocycles. The molecule has 5 heteroatoms. The molecule has 1 N–H and O–H groups in total. The standard InChI is InChI=1S/C12H22F3NO/c1-2-7-16(9-12(13,14)15)8-11(17)10-5-3-4-6-10/h10-11,17H,2-9H2,1H3. The van der Waals surface area contributed by atoms with Gasteiger partial charge >= 0.3 is 6.18 Å². The number of nitrogens with zero attached hydrogens (tertiary/aromatic N) is 1. The molecule has 0 aromatic carbocycles. The molecule has 1 saturated carbocycles. The van der Waals surface area contributed by atoms with Crippen LogP contribution in [0.4, 0.5) is 13.2 Å². The van der Waals surface area contributed by atoms with E-state index in [0.29, 0.717) is 13.0 Å². The molecule has 0 aromatic heterocycles. The molecule has 0 aliphatic heterocycles. The van der Waals surface area contributed by atoms with Crippen LogP contribution in [0.25, 0.3) is 0 Å². The number of hydrogen-bond acceptors (Lipinski definition) is 2. The highest BCUT2D eigenvalue weighted by molar-refractivity contribution is 4.78. The molecule has 0 amide bonds. The van der Waals surface area contributed by atoms with Gasteiger partial charge in [-0.1, -0.05) is 19.8 Å². The molecule has 1 aliphatic rings. The maximum absolute atomic E-state index is 12.3. The van der Waals surface area contributed by atoms with Gasteiger partial charge in [-0.15, -0.1) is 0 Å². The fourth-order valence-electron chi connectivity index (χ4n) is 2.56. The van der Waals surface area contributed by atoms with Crippen molar-refractivity contribution >= 4 is 0 Å². The summed E-state index contributed by atoms with van der Waals surface area (Å²) in [6, 6.07) is 0. The van der Waals surface area contributed by atoms with Gasteiger partial charge < -0.3 is 5.11 Å². The van der Waals surface area contributed by atoms with Gasteiger partial charge in [-0.3, -0.25) is 4.90 Å². The zero-order chi connectivity index (χ0) is 12.9. The van der Waals surface area contributed by atoms with E-state index in [9.17, 15) is 18.3 Å².